The van der Waals surface area contributed by atoms with E-state index in [1.54, 1.807) is 30.5 Å². The van der Waals surface area contributed by atoms with Crippen molar-refractivity contribution in [1.29, 1.82) is 0 Å². The highest BCUT2D eigenvalue weighted by molar-refractivity contribution is 7.89. The molecule has 0 atom stereocenters. The lowest BCUT2D eigenvalue weighted by atomic mass is 10.2. The summed E-state index contributed by atoms with van der Waals surface area (Å²) in [5.41, 5.74) is 2.34. The minimum atomic E-state index is -3.45. The first-order chi connectivity index (χ1) is 12.1. The Morgan fingerprint density at radius 3 is 2.32 bits per heavy atom. The number of azo groups is 1. The zero-order valence-corrected chi connectivity index (χ0v) is 15.0. The topological polar surface area (TPSA) is 77.9 Å². The molecule has 0 amide bonds. The number of nitrogens with zero attached hydrogens (tertiary/aromatic N) is 3. The van der Waals surface area contributed by atoms with Crippen LogP contribution in [0.2, 0.25) is 0 Å². The molecule has 25 heavy (non-hydrogen) atoms. The SMILES string of the molecule is CCN(CC)S(=O)(=O)c1ccc(N=Nc2c[nH]c3ccccc23)cc1. The van der Waals surface area contributed by atoms with Crippen molar-refractivity contribution >= 4 is 32.3 Å². The lowest BCUT2D eigenvalue weighted by Gasteiger charge is -2.18. The lowest BCUT2D eigenvalue weighted by Crippen LogP contribution is -2.30. The van der Waals surface area contributed by atoms with Crippen LogP contribution in [0.5, 0.6) is 0 Å². The fourth-order valence-corrected chi connectivity index (χ4v) is 4.11. The van der Waals surface area contributed by atoms with Crippen molar-refractivity contribution in [1.82, 2.24) is 9.29 Å². The highest BCUT2D eigenvalue weighted by atomic mass is 32.2. The zero-order valence-electron chi connectivity index (χ0n) is 14.2. The van der Waals surface area contributed by atoms with E-state index in [1.165, 1.54) is 4.31 Å². The summed E-state index contributed by atoms with van der Waals surface area (Å²) in [4.78, 5) is 3.41. The minimum absolute atomic E-state index is 0.266. The smallest absolute Gasteiger partial charge is 0.243 e. The Morgan fingerprint density at radius 2 is 1.64 bits per heavy atom. The summed E-state index contributed by atoms with van der Waals surface area (Å²) in [6, 6.07) is 14.3. The summed E-state index contributed by atoms with van der Waals surface area (Å²) in [7, 11) is -3.45. The third-order valence-corrected chi connectivity index (χ3v) is 6.08. The molecule has 1 N–H and O–H groups in total. The van der Waals surface area contributed by atoms with Gasteiger partial charge in [-0.05, 0) is 30.3 Å². The Labute approximate surface area is 147 Å². The van der Waals surface area contributed by atoms with Gasteiger partial charge in [-0.2, -0.15) is 9.42 Å². The number of aromatic nitrogens is 1. The molecule has 3 aromatic rings. The molecule has 0 radical (unpaired) electrons. The predicted octanol–water partition coefficient (Wildman–Crippen LogP) is 4.61. The van der Waals surface area contributed by atoms with Gasteiger partial charge in [0.25, 0.3) is 0 Å². The van der Waals surface area contributed by atoms with Crippen molar-refractivity contribution in [2.75, 3.05) is 13.1 Å². The molecule has 0 bridgehead atoms. The molecule has 3 rings (SSSR count). The number of hydrogen-bond acceptors (Lipinski definition) is 4. The molecule has 2 aromatic carbocycles. The molecule has 0 saturated heterocycles. The van der Waals surface area contributed by atoms with Crippen LogP contribution in [0.25, 0.3) is 10.9 Å². The van der Waals surface area contributed by atoms with Gasteiger partial charge in [0.1, 0.15) is 5.69 Å². The van der Waals surface area contributed by atoms with Gasteiger partial charge in [-0.25, -0.2) is 8.42 Å². The molecule has 7 heteroatoms. The molecular weight excluding hydrogens is 336 g/mol. The highest BCUT2D eigenvalue weighted by Crippen LogP contribution is 2.27. The van der Waals surface area contributed by atoms with E-state index in [-0.39, 0.29) is 4.90 Å². The zero-order chi connectivity index (χ0) is 17.9. The number of benzene rings is 2. The van der Waals surface area contributed by atoms with Gasteiger partial charge in [-0.1, -0.05) is 32.0 Å². The number of aromatic amines is 1. The van der Waals surface area contributed by atoms with Crippen LogP contribution in [0.15, 0.2) is 69.9 Å². The first-order valence-electron chi connectivity index (χ1n) is 8.14. The Bertz CT molecular complexity index is 987. The molecule has 0 unspecified atom stereocenters. The second-order valence-electron chi connectivity index (χ2n) is 5.50. The molecule has 0 spiro atoms. The molecule has 0 saturated carbocycles. The van der Waals surface area contributed by atoms with Gasteiger partial charge < -0.3 is 4.98 Å². The molecule has 130 valence electrons. The molecular formula is C18H20N4O2S. The Kier molecular flexibility index (Phi) is 4.96. The van der Waals surface area contributed by atoms with Crippen molar-refractivity contribution in [2.24, 2.45) is 10.2 Å². The summed E-state index contributed by atoms with van der Waals surface area (Å²) >= 11 is 0. The van der Waals surface area contributed by atoms with Crippen LogP contribution < -0.4 is 0 Å². The number of H-pyrrole nitrogens is 1. The molecule has 0 aliphatic carbocycles. The maximum atomic E-state index is 12.5. The maximum Gasteiger partial charge on any atom is 0.243 e. The standard InChI is InChI=1S/C18H20N4O2S/c1-3-22(4-2)25(23,24)15-11-9-14(10-12-15)20-21-18-13-19-17-8-6-5-7-16(17)18/h5-13,19H,3-4H2,1-2H3. The number of para-hydroxylation sites is 1. The third kappa shape index (κ3) is 3.47. The van der Waals surface area contributed by atoms with Crippen LogP contribution in [-0.4, -0.2) is 30.8 Å². The van der Waals surface area contributed by atoms with Gasteiger partial charge in [-0.15, -0.1) is 5.11 Å². The van der Waals surface area contributed by atoms with Crippen molar-refractivity contribution in [2.45, 2.75) is 18.7 Å². The molecule has 0 aliphatic rings. The molecule has 1 aromatic heterocycles. The Morgan fingerprint density at radius 1 is 0.960 bits per heavy atom. The summed E-state index contributed by atoms with van der Waals surface area (Å²) in [6.07, 6.45) is 1.80. The molecule has 0 aliphatic heterocycles. The highest BCUT2D eigenvalue weighted by Gasteiger charge is 2.21. The summed E-state index contributed by atoms with van der Waals surface area (Å²) in [6.45, 7) is 4.54. The van der Waals surface area contributed by atoms with E-state index in [2.05, 4.69) is 15.2 Å². The summed E-state index contributed by atoms with van der Waals surface area (Å²) in [5, 5.41) is 9.45. The third-order valence-electron chi connectivity index (χ3n) is 4.02. The number of rotatable bonds is 6. The van der Waals surface area contributed by atoms with E-state index in [9.17, 15) is 8.42 Å². The van der Waals surface area contributed by atoms with Gasteiger partial charge in [0.15, 0.2) is 0 Å². The van der Waals surface area contributed by atoms with Crippen LogP contribution in [0, 0.1) is 0 Å². The number of sulfonamides is 1. The van der Waals surface area contributed by atoms with E-state index in [4.69, 9.17) is 0 Å². The van der Waals surface area contributed by atoms with Crippen LogP contribution >= 0.6 is 0 Å². The van der Waals surface area contributed by atoms with E-state index in [1.807, 2.05) is 38.1 Å². The summed E-state index contributed by atoms with van der Waals surface area (Å²) in [5.74, 6) is 0. The average Bonchev–Trinajstić information content (AvgIpc) is 3.04. The van der Waals surface area contributed by atoms with E-state index >= 15 is 0 Å². The Balaban J connectivity index is 1.83. The van der Waals surface area contributed by atoms with Crippen LogP contribution in [-0.2, 0) is 10.0 Å². The monoisotopic (exact) mass is 356 g/mol. The van der Waals surface area contributed by atoms with Gasteiger partial charge in [0.05, 0.1) is 10.6 Å². The van der Waals surface area contributed by atoms with E-state index in [0.29, 0.717) is 18.8 Å². The van der Waals surface area contributed by atoms with Gasteiger partial charge in [0.2, 0.25) is 10.0 Å². The molecule has 0 fully saturated rings. The van der Waals surface area contributed by atoms with Crippen molar-refractivity contribution < 1.29 is 8.42 Å². The van der Waals surface area contributed by atoms with Crippen LogP contribution in [0.4, 0.5) is 11.4 Å². The second kappa shape index (κ2) is 7.16. The summed E-state index contributed by atoms with van der Waals surface area (Å²) < 4.78 is 26.4. The van der Waals surface area contributed by atoms with Crippen molar-refractivity contribution in [3.63, 3.8) is 0 Å². The van der Waals surface area contributed by atoms with Crippen molar-refractivity contribution in [3.05, 3.63) is 54.7 Å². The van der Waals surface area contributed by atoms with E-state index in [0.717, 1.165) is 16.6 Å². The lowest BCUT2D eigenvalue weighted by molar-refractivity contribution is 0.445. The van der Waals surface area contributed by atoms with Crippen LogP contribution in [0.3, 0.4) is 0 Å². The van der Waals surface area contributed by atoms with Gasteiger partial charge in [0, 0.05) is 30.2 Å². The fourth-order valence-electron chi connectivity index (χ4n) is 2.65. The second-order valence-corrected chi connectivity index (χ2v) is 7.44. The largest absolute Gasteiger partial charge is 0.359 e. The van der Waals surface area contributed by atoms with Gasteiger partial charge in [-0.3, -0.25) is 0 Å². The average molecular weight is 356 g/mol. The fraction of sp³-hybridized carbons (Fsp3) is 0.222. The number of fused-ring (bicyclic) bond motifs is 1. The number of hydrogen-bond donors (Lipinski definition) is 1. The molecule has 6 nitrogen and oxygen atoms in total. The maximum absolute atomic E-state index is 12.5. The first-order valence-corrected chi connectivity index (χ1v) is 9.58. The minimum Gasteiger partial charge on any atom is -0.359 e. The number of nitrogens with one attached hydrogen (secondary N) is 1. The van der Waals surface area contributed by atoms with Crippen LogP contribution in [0.1, 0.15) is 13.8 Å². The van der Waals surface area contributed by atoms with Crippen molar-refractivity contribution in [3.8, 4) is 0 Å². The Hall–Kier alpha value is -2.51. The molecule has 1 heterocycles. The van der Waals surface area contributed by atoms with E-state index < -0.39 is 10.0 Å². The predicted molar refractivity (Wildman–Crippen MR) is 99.0 cm³/mol. The van der Waals surface area contributed by atoms with Gasteiger partial charge >= 0.3 is 0 Å². The quantitative estimate of drug-likeness (QED) is 0.654. The normalized spacial score (nSPS) is 12.4. The first kappa shape index (κ1) is 17.3.